The first-order chi connectivity index (χ1) is 13.0. The Hall–Kier alpha value is -1.99. The second-order valence-electron chi connectivity index (χ2n) is 6.59. The molecule has 1 fully saturated rings. The van der Waals surface area contributed by atoms with Gasteiger partial charge in [-0.05, 0) is 49.1 Å². The Morgan fingerprint density at radius 3 is 2.59 bits per heavy atom. The number of halogens is 1. The summed E-state index contributed by atoms with van der Waals surface area (Å²) in [5, 5.41) is 6.13. The van der Waals surface area contributed by atoms with Crippen molar-refractivity contribution in [3.05, 3.63) is 58.6 Å². The third-order valence-electron chi connectivity index (χ3n) is 4.68. The fraction of sp³-hybridized carbons (Fsp3) is 0.300. The van der Waals surface area contributed by atoms with E-state index in [1.165, 1.54) is 11.8 Å². The van der Waals surface area contributed by atoms with Gasteiger partial charge in [0.15, 0.2) is 0 Å². The van der Waals surface area contributed by atoms with Crippen LogP contribution in [0.25, 0.3) is 0 Å². The van der Waals surface area contributed by atoms with Gasteiger partial charge in [-0.1, -0.05) is 40.2 Å². The van der Waals surface area contributed by atoms with Crippen molar-refractivity contribution in [1.29, 1.82) is 0 Å². The van der Waals surface area contributed by atoms with Gasteiger partial charge in [0.05, 0.1) is 11.2 Å². The Bertz CT molecular complexity index is 839. The average molecular weight is 448 g/mol. The minimum Gasteiger partial charge on any atom is -0.370 e. The van der Waals surface area contributed by atoms with Gasteiger partial charge in [0.25, 0.3) is 0 Å². The molecular formula is C20H22BrN3O2S. The summed E-state index contributed by atoms with van der Waals surface area (Å²) in [5.74, 6) is 0.254. The van der Waals surface area contributed by atoms with Crippen molar-refractivity contribution in [3.8, 4) is 0 Å². The van der Waals surface area contributed by atoms with E-state index in [4.69, 9.17) is 5.73 Å². The molecular weight excluding hydrogens is 426 g/mol. The molecule has 1 aliphatic carbocycles. The highest BCUT2D eigenvalue weighted by Gasteiger charge is 2.40. The molecule has 0 atom stereocenters. The number of nitrogens with two attached hydrogens (primary N) is 1. The average Bonchev–Trinajstić information content (AvgIpc) is 2.59. The van der Waals surface area contributed by atoms with Crippen LogP contribution in [0.2, 0.25) is 0 Å². The predicted octanol–water partition coefficient (Wildman–Crippen LogP) is 4.62. The highest BCUT2D eigenvalue weighted by Crippen LogP contribution is 2.42. The summed E-state index contributed by atoms with van der Waals surface area (Å²) in [7, 11) is 0. The minimum absolute atomic E-state index is 0.224. The predicted molar refractivity (Wildman–Crippen MR) is 113 cm³/mol. The summed E-state index contributed by atoms with van der Waals surface area (Å²) in [4.78, 5) is 24.5. The van der Waals surface area contributed by atoms with Gasteiger partial charge in [-0.3, -0.25) is 4.79 Å². The Labute approximate surface area is 171 Å². The number of primary amides is 1. The SMILES string of the molecule is NC(=O)CCSc1ccccc1NC(=O)NC1(c2cccc(Br)c2)CCC1. The number of urea groups is 1. The van der Waals surface area contributed by atoms with Gasteiger partial charge in [-0.25, -0.2) is 4.79 Å². The summed E-state index contributed by atoms with van der Waals surface area (Å²) >= 11 is 5.01. The Morgan fingerprint density at radius 1 is 1.15 bits per heavy atom. The third kappa shape index (κ3) is 5.05. The fourth-order valence-corrected chi connectivity index (χ4v) is 4.50. The quantitative estimate of drug-likeness (QED) is 0.541. The summed E-state index contributed by atoms with van der Waals surface area (Å²) in [6, 6.07) is 15.4. The van der Waals surface area contributed by atoms with E-state index in [-0.39, 0.29) is 17.5 Å². The number of thioether (sulfide) groups is 1. The Kier molecular flexibility index (Phi) is 6.44. The molecule has 0 bridgehead atoms. The van der Waals surface area contributed by atoms with Crippen molar-refractivity contribution in [1.82, 2.24) is 5.32 Å². The molecule has 3 rings (SSSR count). The molecule has 0 aromatic heterocycles. The van der Waals surface area contributed by atoms with Crippen LogP contribution in [0.4, 0.5) is 10.5 Å². The molecule has 0 radical (unpaired) electrons. The molecule has 3 amide bonds. The molecule has 2 aromatic rings. The van der Waals surface area contributed by atoms with Crippen molar-refractivity contribution in [2.75, 3.05) is 11.1 Å². The standard InChI is InChI=1S/C20H22BrN3O2S/c21-15-6-3-5-14(13-15)20(10-4-11-20)24-19(26)23-16-7-1-2-8-17(16)27-12-9-18(22)25/h1-3,5-8,13H,4,9-12H2,(H2,22,25)(H2,23,24,26). The fourth-order valence-electron chi connectivity index (χ4n) is 3.13. The lowest BCUT2D eigenvalue weighted by molar-refractivity contribution is -0.117. The second-order valence-corrected chi connectivity index (χ2v) is 8.64. The van der Waals surface area contributed by atoms with Gasteiger partial charge in [-0.2, -0.15) is 0 Å². The van der Waals surface area contributed by atoms with Gasteiger partial charge >= 0.3 is 6.03 Å². The van der Waals surface area contributed by atoms with Gasteiger partial charge < -0.3 is 16.4 Å². The number of carbonyl (C=O) groups is 2. The van der Waals surface area contributed by atoms with Gasteiger partial charge in [0, 0.05) is 21.5 Å². The summed E-state index contributed by atoms with van der Waals surface area (Å²) in [6.45, 7) is 0. The van der Waals surface area contributed by atoms with Crippen LogP contribution >= 0.6 is 27.7 Å². The van der Waals surface area contributed by atoms with Gasteiger partial charge in [-0.15, -0.1) is 11.8 Å². The van der Waals surface area contributed by atoms with E-state index in [0.29, 0.717) is 12.2 Å². The summed E-state index contributed by atoms with van der Waals surface area (Å²) in [5.41, 5.74) is 6.72. The van der Waals surface area contributed by atoms with E-state index in [1.54, 1.807) is 0 Å². The topological polar surface area (TPSA) is 84.2 Å². The Balaban J connectivity index is 1.68. The van der Waals surface area contributed by atoms with Crippen LogP contribution in [-0.2, 0) is 10.3 Å². The molecule has 7 heteroatoms. The number of para-hydroxylation sites is 1. The smallest absolute Gasteiger partial charge is 0.319 e. The van der Waals surface area contributed by atoms with Crippen LogP contribution in [0, 0.1) is 0 Å². The van der Waals surface area contributed by atoms with Crippen LogP contribution in [0.5, 0.6) is 0 Å². The second kappa shape index (κ2) is 8.80. The molecule has 1 saturated carbocycles. The number of hydrogen-bond acceptors (Lipinski definition) is 3. The lowest BCUT2D eigenvalue weighted by Gasteiger charge is -2.43. The number of rotatable bonds is 7. The zero-order valence-electron chi connectivity index (χ0n) is 14.8. The lowest BCUT2D eigenvalue weighted by atomic mass is 9.72. The van der Waals surface area contributed by atoms with E-state index in [0.717, 1.165) is 39.9 Å². The number of amides is 3. The number of benzene rings is 2. The van der Waals surface area contributed by atoms with E-state index in [1.807, 2.05) is 36.4 Å². The lowest BCUT2D eigenvalue weighted by Crippen LogP contribution is -2.52. The molecule has 142 valence electrons. The monoisotopic (exact) mass is 447 g/mol. The van der Waals surface area contributed by atoms with E-state index >= 15 is 0 Å². The van der Waals surface area contributed by atoms with E-state index in [2.05, 4.69) is 38.7 Å². The highest BCUT2D eigenvalue weighted by atomic mass is 79.9. The Morgan fingerprint density at radius 2 is 1.93 bits per heavy atom. The summed E-state index contributed by atoms with van der Waals surface area (Å²) in [6.07, 6.45) is 3.24. The van der Waals surface area contributed by atoms with Crippen LogP contribution in [0.1, 0.15) is 31.2 Å². The molecule has 1 aliphatic rings. The van der Waals surface area contributed by atoms with Crippen molar-refractivity contribution in [2.24, 2.45) is 5.73 Å². The van der Waals surface area contributed by atoms with Crippen LogP contribution < -0.4 is 16.4 Å². The largest absolute Gasteiger partial charge is 0.370 e. The van der Waals surface area contributed by atoms with E-state index in [9.17, 15) is 9.59 Å². The van der Waals surface area contributed by atoms with Crippen molar-refractivity contribution < 1.29 is 9.59 Å². The number of nitrogens with one attached hydrogen (secondary N) is 2. The number of hydrogen-bond donors (Lipinski definition) is 3. The van der Waals surface area contributed by atoms with Crippen LogP contribution in [-0.4, -0.2) is 17.7 Å². The molecule has 0 spiro atoms. The molecule has 4 N–H and O–H groups in total. The highest BCUT2D eigenvalue weighted by molar-refractivity contribution is 9.10. The summed E-state index contributed by atoms with van der Waals surface area (Å²) < 4.78 is 1.00. The van der Waals surface area contributed by atoms with Crippen molar-refractivity contribution >= 4 is 45.3 Å². The molecule has 0 saturated heterocycles. The third-order valence-corrected chi connectivity index (χ3v) is 6.25. The molecule has 0 heterocycles. The first-order valence-electron chi connectivity index (χ1n) is 8.84. The molecule has 5 nitrogen and oxygen atoms in total. The molecule has 0 aliphatic heterocycles. The molecule has 2 aromatic carbocycles. The maximum absolute atomic E-state index is 12.7. The number of carbonyl (C=O) groups excluding carboxylic acids is 2. The number of anilines is 1. The first kappa shape index (κ1) is 19.8. The normalized spacial score (nSPS) is 14.9. The zero-order valence-corrected chi connectivity index (χ0v) is 17.2. The van der Waals surface area contributed by atoms with Crippen LogP contribution in [0.3, 0.4) is 0 Å². The first-order valence-corrected chi connectivity index (χ1v) is 10.6. The minimum atomic E-state index is -0.327. The van der Waals surface area contributed by atoms with Crippen molar-refractivity contribution in [2.45, 2.75) is 36.1 Å². The maximum atomic E-state index is 12.7. The molecule has 0 unspecified atom stereocenters. The molecule has 27 heavy (non-hydrogen) atoms. The van der Waals surface area contributed by atoms with Gasteiger partial charge in [0.1, 0.15) is 0 Å². The van der Waals surface area contributed by atoms with Crippen molar-refractivity contribution in [3.63, 3.8) is 0 Å². The zero-order chi connectivity index (χ0) is 19.3. The van der Waals surface area contributed by atoms with Crippen LogP contribution in [0.15, 0.2) is 57.9 Å². The maximum Gasteiger partial charge on any atom is 0.319 e. The van der Waals surface area contributed by atoms with Gasteiger partial charge in [0.2, 0.25) is 5.91 Å². The van der Waals surface area contributed by atoms with E-state index < -0.39 is 0 Å².